The van der Waals surface area contributed by atoms with E-state index in [1.807, 2.05) is 24.3 Å². The minimum atomic E-state index is -0.120. The maximum absolute atomic E-state index is 12.1. The molecule has 1 atom stereocenters. The average Bonchev–Trinajstić information content (AvgIpc) is 3.04. The van der Waals surface area contributed by atoms with Gasteiger partial charge in [-0.3, -0.25) is 4.79 Å². The van der Waals surface area contributed by atoms with Crippen LogP contribution in [0, 0.1) is 5.92 Å². The number of ether oxygens (including phenoxy) is 1. The van der Waals surface area contributed by atoms with E-state index < -0.39 is 0 Å². The summed E-state index contributed by atoms with van der Waals surface area (Å²) in [6, 6.07) is 7.85. The largest absolute Gasteiger partial charge is 0.492 e. The fourth-order valence-electron chi connectivity index (χ4n) is 2.39. The highest BCUT2D eigenvalue weighted by atomic mass is 16.5. The SMILES string of the molecule is O=C(NCCCc1nn[nH]n1)[C@H]1COc2ccccc2C1. The van der Waals surface area contributed by atoms with E-state index in [0.717, 1.165) is 24.2 Å². The van der Waals surface area contributed by atoms with Crippen LogP contribution in [0.1, 0.15) is 17.8 Å². The molecule has 1 aromatic carbocycles. The molecule has 1 aliphatic rings. The predicted molar refractivity (Wildman–Crippen MR) is 74.6 cm³/mol. The van der Waals surface area contributed by atoms with E-state index >= 15 is 0 Å². The Morgan fingerprint density at radius 3 is 3.19 bits per heavy atom. The van der Waals surface area contributed by atoms with Crippen molar-refractivity contribution in [2.45, 2.75) is 19.3 Å². The molecule has 0 radical (unpaired) electrons. The molecule has 1 aliphatic heterocycles. The van der Waals surface area contributed by atoms with Gasteiger partial charge in [-0.1, -0.05) is 23.4 Å². The number of para-hydroxylation sites is 1. The average molecular weight is 287 g/mol. The summed E-state index contributed by atoms with van der Waals surface area (Å²) < 4.78 is 5.63. The Morgan fingerprint density at radius 2 is 2.33 bits per heavy atom. The zero-order chi connectivity index (χ0) is 14.5. The molecule has 7 heteroatoms. The van der Waals surface area contributed by atoms with Crippen LogP contribution in [-0.2, 0) is 17.6 Å². The third-order valence-corrected chi connectivity index (χ3v) is 3.52. The second kappa shape index (κ2) is 6.34. The molecule has 0 unspecified atom stereocenters. The summed E-state index contributed by atoms with van der Waals surface area (Å²) in [7, 11) is 0. The number of carbonyl (C=O) groups excluding carboxylic acids is 1. The second-order valence-corrected chi connectivity index (χ2v) is 5.04. The molecule has 0 saturated carbocycles. The van der Waals surface area contributed by atoms with Crippen molar-refractivity contribution in [3.8, 4) is 5.75 Å². The quantitative estimate of drug-likeness (QED) is 0.781. The third kappa shape index (κ3) is 3.36. The Kier molecular flexibility index (Phi) is 4.09. The molecule has 1 amide bonds. The number of aromatic amines is 1. The monoisotopic (exact) mass is 287 g/mol. The minimum Gasteiger partial charge on any atom is -0.492 e. The van der Waals surface area contributed by atoms with E-state index in [1.165, 1.54) is 0 Å². The van der Waals surface area contributed by atoms with Crippen LogP contribution < -0.4 is 10.1 Å². The first-order chi connectivity index (χ1) is 10.3. The molecule has 0 fully saturated rings. The van der Waals surface area contributed by atoms with Crippen LogP contribution in [0.25, 0.3) is 0 Å². The molecule has 0 spiro atoms. The summed E-state index contributed by atoms with van der Waals surface area (Å²) in [5, 5.41) is 16.6. The molecule has 0 bridgehead atoms. The molecule has 2 heterocycles. The van der Waals surface area contributed by atoms with Gasteiger partial charge in [-0.25, -0.2) is 0 Å². The summed E-state index contributed by atoms with van der Waals surface area (Å²) in [6.45, 7) is 1.04. The van der Waals surface area contributed by atoms with E-state index in [2.05, 4.69) is 25.9 Å². The number of nitrogens with zero attached hydrogens (tertiary/aromatic N) is 3. The Balaban J connectivity index is 1.44. The molecule has 3 rings (SSSR count). The lowest BCUT2D eigenvalue weighted by molar-refractivity contribution is -0.126. The summed E-state index contributed by atoms with van der Waals surface area (Å²) in [5.74, 6) is 1.47. The Labute approximate surface area is 122 Å². The second-order valence-electron chi connectivity index (χ2n) is 5.04. The fraction of sp³-hybridized carbons (Fsp3) is 0.429. The number of nitrogens with one attached hydrogen (secondary N) is 2. The van der Waals surface area contributed by atoms with Crippen molar-refractivity contribution in [1.82, 2.24) is 25.9 Å². The lowest BCUT2D eigenvalue weighted by atomic mass is 9.96. The summed E-state index contributed by atoms with van der Waals surface area (Å²) >= 11 is 0. The molecular formula is C14H17N5O2. The normalized spacial score (nSPS) is 16.9. The highest BCUT2D eigenvalue weighted by Gasteiger charge is 2.25. The van der Waals surface area contributed by atoms with Crippen LogP contribution in [0.3, 0.4) is 0 Å². The maximum atomic E-state index is 12.1. The van der Waals surface area contributed by atoms with Crippen LogP contribution in [0.15, 0.2) is 24.3 Å². The van der Waals surface area contributed by atoms with Gasteiger partial charge < -0.3 is 10.1 Å². The predicted octanol–water partition coefficient (Wildman–Crippen LogP) is 0.500. The van der Waals surface area contributed by atoms with Crippen molar-refractivity contribution in [2.24, 2.45) is 5.92 Å². The summed E-state index contributed by atoms with van der Waals surface area (Å²) in [4.78, 5) is 12.1. The van der Waals surface area contributed by atoms with Gasteiger partial charge in [0.15, 0.2) is 5.82 Å². The Hall–Kier alpha value is -2.44. The van der Waals surface area contributed by atoms with Crippen LogP contribution >= 0.6 is 0 Å². The number of hydrogen-bond acceptors (Lipinski definition) is 5. The van der Waals surface area contributed by atoms with Gasteiger partial charge in [-0.2, -0.15) is 5.21 Å². The van der Waals surface area contributed by atoms with E-state index in [-0.39, 0.29) is 11.8 Å². The van der Waals surface area contributed by atoms with E-state index in [0.29, 0.717) is 25.4 Å². The molecule has 2 N–H and O–H groups in total. The van der Waals surface area contributed by atoms with Gasteiger partial charge in [-0.15, -0.1) is 10.2 Å². The van der Waals surface area contributed by atoms with Crippen molar-refractivity contribution in [3.63, 3.8) is 0 Å². The number of aryl methyl sites for hydroxylation is 1. The maximum Gasteiger partial charge on any atom is 0.226 e. The Bertz CT molecular complexity index is 599. The molecular weight excluding hydrogens is 270 g/mol. The first-order valence-corrected chi connectivity index (χ1v) is 7.03. The van der Waals surface area contributed by atoms with E-state index in [1.54, 1.807) is 0 Å². The van der Waals surface area contributed by atoms with Crippen molar-refractivity contribution in [3.05, 3.63) is 35.7 Å². The molecule has 7 nitrogen and oxygen atoms in total. The molecule has 110 valence electrons. The van der Waals surface area contributed by atoms with Crippen LogP contribution in [0.5, 0.6) is 5.75 Å². The standard InChI is InChI=1S/C14H17N5O2/c20-14(15-7-3-6-13-16-18-19-17-13)11-8-10-4-1-2-5-12(10)21-9-11/h1-2,4-5,11H,3,6-9H2,(H,15,20)(H,16,17,18,19)/t11-/m1/s1. The number of aromatic nitrogens is 4. The number of carbonyl (C=O) groups is 1. The molecule has 1 aromatic heterocycles. The number of amides is 1. The van der Waals surface area contributed by atoms with Crippen molar-refractivity contribution < 1.29 is 9.53 Å². The van der Waals surface area contributed by atoms with Gasteiger partial charge in [0.05, 0.1) is 5.92 Å². The first kappa shape index (κ1) is 13.5. The van der Waals surface area contributed by atoms with Crippen molar-refractivity contribution in [2.75, 3.05) is 13.2 Å². The topological polar surface area (TPSA) is 92.8 Å². The number of H-pyrrole nitrogens is 1. The molecule has 0 saturated heterocycles. The lowest BCUT2D eigenvalue weighted by Gasteiger charge is -2.24. The van der Waals surface area contributed by atoms with E-state index in [4.69, 9.17) is 4.74 Å². The number of benzene rings is 1. The number of hydrogen-bond donors (Lipinski definition) is 2. The van der Waals surface area contributed by atoms with Gasteiger partial charge >= 0.3 is 0 Å². The van der Waals surface area contributed by atoms with E-state index in [9.17, 15) is 4.79 Å². The van der Waals surface area contributed by atoms with Crippen LogP contribution in [0.2, 0.25) is 0 Å². The van der Waals surface area contributed by atoms with Gasteiger partial charge in [-0.05, 0) is 24.5 Å². The van der Waals surface area contributed by atoms with Crippen molar-refractivity contribution in [1.29, 1.82) is 0 Å². The Morgan fingerprint density at radius 1 is 1.43 bits per heavy atom. The van der Waals surface area contributed by atoms with Crippen LogP contribution in [0.4, 0.5) is 0 Å². The molecule has 2 aromatic rings. The highest BCUT2D eigenvalue weighted by Crippen LogP contribution is 2.26. The number of tetrazole rings is 1. The zero-order valence-corrected chi connectivity index (χ0v) is 11.6. The smallest absolute Gasteiger partial charge is 0.226 e. The minimum absolute atomic E-state index is 0.0395. The summed E-state index contributed by atoms with van der Waals surface area (Å²) in [6.07, 6.45) is 2.21. The van der Waals surface area contributed by atoms with Gasteiger partial charge in [0, 0.05) is 13.0 Å². The van der Waals surface area contributed by atoms with Gasteiger partial charge in [0.1, 0.15) is 12.4 Å². The van der Waals surface area contributed by atoms with Crippen molar-refractivity contribution >= 4 is 5.91 Å². The summed E-state index contributed by atoms with van der Waals surface area (Å²) in [5.41, 5.74) is 1.09. The highest BCUT2D eigenvalue weighted by molar-refractivity contribution is 5.79. The first-order valence-electron chi connectivity index (χ1n) is 7.03. The third-order valence-electron chi connectivity index (χ3n) is 3.52. The van der Waals surface area contributed by atoms with Gasteiger partial charge in [0.25, 0.3) is 0 Å². The number of fused-ring (bicyclic) bond motifs is 1. The molecule has 21 heavy (non-hydrogen) atoms. The molecule has 0 aliphatic carbocycles. The lowest BCUT2D eigenvalue weighted by Crippen LogP contribution is -2.37. The van der Waals surface area contributed by atoms with Crippen LogP contribution in [-0.4, -0.2) is 39.7 Å². The number of rotatable bonds is 5. The zero-order valence-electron chi connectivity index (χ0n) is 11.6. The fourth-order valence-corrected chi connectivity index (χ4v) is 2.39. The van der Waals surface area contributed by atoms with Gasteiger partial charge in [0.2, 0.25) is 5.91 Å².